The number of alkyl halides is 3. The first-order valence-corrected chi connectivity index (χ1v) is 17.4. The van der Waals surface area contributed by atoms with Crippen molar-refractivity contribution in [2.75, 3.05) is 83.7 Å². The first-order valence-electron chi connectivity index (χ1n) is 15.1. The Hall–Kier alpha value is -2.96. The Bertz CT molecular complexity index is 1470. The predicted octanol–water partition coefficient (Wildman–Crippen LogP) is 5.58. The van der Waals surface area contributed by atoms with Crippen molar-refractivity contribution in [2.45, 2.75) is 31.6 Å². The Morgan fingerprint density at radius 3 is 2.59 bits per heavy atom. The van der Waals surface area contributed by atoms with Gasteiger partial charge in [-0.3, -0.25) is 0 Å². The number of anilines is 2. The zero-order valence-electron chi connectivity index (χ0n) is 25.7. The number of nitrogens with zero attached hydrogens (tertiary/aromatic N) is 2. The van der Waals surface area contributed by atoms with Crippen molar-refractivity contribution in [3.8, 4) is 17.6 Å². The fourth-order valence-electron chi connectivity index (χ4n) is 5.84. The Labute approximate surface area is 259 Å². The lowest BCUT2D eigenvalue weighted by molar-refractivity contribution is -0.140. The van der Waals surface area contributed by atoms with Crippen LogP contribution in [0.3, 0.4) is 0 Å². The molecule has 3 heterocycles. The van der Waals surface area contributed by atoms with Gasteiger partial charge in [-0.1, -0.05) is 19.9 Å². The lowest BCUT2D eigenvalue weighted by atomic mass is 9.89. The number of hydrogen-bond acceptors (Lipinski definition) is 6. The summed E-state index contributed by atoms with van der Waals surface area (Å²) < 4.78 is 60.2. The molecule has 0 amide bonds. The SMILES string of the molecule is CN1CCC2Nc3cccc4c3cc(n4CC(F)(F)F)C#CCNc3cc(cc(P(C)C)c3)OCCOCCOCCC2C1. The highest BCUT2D eigenvalue weighted by molar-refractivity contribution is 7.64. The second-order valence-electron chi connectivity index (χ2n) is 11.7. The third kappa shape index (κ3) is 8.82. The van der Waals surface area contributed by atoms with E-state index in [0.29, 0.717) is 50.2 Å². The van der Waals surface area contributed by atoms with E-state index < -0.39 is 12.7 Å². The molecule has 0 spiro atoms. The number of benzene rings is 2. The van der Waals surface area contributed by atoms with Crippen molar-refractivity contribution in [1.82, 2.24) is 9.47 Å². The quantitative estimate of drug-likeness (QED) is 0.285. The van der Waals surface area contributed by atoms with Crippen molar-refractivity contribution >= 4 is 35.5 Å². The molecule has 2 N–H and O–H groups in total. The molecule has 1 fully saturated rings. The van der Waals surface area contributed by atoms with Gasteiger partial charge in [0.05, 0.1) is 37.6 Å². The van der Waals surface area contributed by atoms with Gasteiger partial charge in [0.25, 0.3) is 0 Å². The van der Waals surface area contributed by atoms with E-state index in [1.807, 2.05) is 24.3 Å². The van der Waals surface area contributed by atoms with E-state index in [0.717, 1.165) is 48.4 Å². The van der Waals surface area contributed by atoms with Crippen LogP contribution in [0, 0.1) is 17.8 Å². The second-order valence-corrected chi connectivity index (χ2v) is 14.0. The maximum atomic E-state index is 13.7. The molecule has 0 saturated carbocycles. The number of likely N-dealkylation sites (tertiary alicyclic amines) is 1. The van der Waals surface area contributed by atoms with Gasteiger partial charge < -0.3 is 34.3 Å². The van der Waals surface area contributed by atoms with Gasteiger partial charge in [0.2, 0.25) is 0 Å². The van der Waals surface area contributed by atoms with Crippen LogP contribution >= 0.6 is 7.92 Å². The van der Waals surface area contributed by atoms with Crippen molar-refractivity contribution in [2.24, 2.45) is 5.92 Å². The molecule has 2 atom stereocenters. The average molecular weight is 631 g/mol. The summed E-state index contributed by atoms with van der Waals surface area (Å²) in [5, 5.41) is 8.93. The first kappa shape index (κ1) is 32.4. The molecule has 0 radical (unpaired) electrons. The van der Waals surface area contributed by atoms with Crippen molar-refractivity contribution in [1.29, 1.82) is 0 Å². The molecule has 4 bridgehead atoms. The summed E-state index contributed by atoms with van der Waals surface area (Å²) in [7, 11) is 1.75. The zero-order chi connectivity index (χ0) is 31.1. The van der Waals surface area contributed by atoms with E-state index in [1.54, 1.807) is 12.1 Å². The fraction of sp³-hybridized carbons (Fsp3) is 0.515. The average Bonchev–Trinajstić information content (AvgIpc) is 3.31. The summed E-state index contributed by atoms with van der Waals surface area (Å²) in [4.78, 5) is 2.32. The monoisotopic (exact) mass is 630 g/mol. The van der Waals surface area contributed by atoms with Gasteiger partial charge in [0.1, 0.15) is 18.9 Å². The highest BCUT2D eigenvalue weighted by atomic mass is 31.1. The summed E-state index contributed by atoms with van der Waals surface area (Å²) in [6, 6.07) is 13.5. The maximum Gasteiger partial charge on any atom is 0.406 e. The number of hydrogen-bond donors (Lipinski definition) is 2. The van der Waals surface area contributed by atoms with E-state index in [4.69, 9.17) is 14.2 Å². The molecular formula is C33H42F3N4O3P. The molecule has 1 aromatic heterocycles. The van der Waals surface area contributed by atoms with Crippen LogP contribution in [0.1, 0.15) is 18.5 Å². The molecule has 5 rings (SSSR count). The zero-order valence-corrected chi connectivity index (χ0v) is 26.6. The number of ether oxygens (including phenoxy) is 3. The van der Waals surface area contributed by atoms with Crippen molar-refractivity contribution < 1.29 is 27.4 Å². The number of aromatic nitrogens is 1. The molecule has 2 aromatic carbocycles. The van der Waals surface area contributed by atoms with E-state index in [9.17, 15) is 13.2 Å². The highest BCUT2D eigenvalue weighted by Crippen LogP contribution is 2.33. The van der Waals surface area contributed by atoms with Crippen molar-refractivity contribution in [3.63, 3.8) is 0 Å². The lowest BCUT2D eigenvalue weighted by Gasteiger charge is -2.38. The number of fused-ring (bicyclic) bond motifs is 4. The molecule has 7 nitrogen and oxygen atoms in total. The number of halogens is 3. The minimum Gasteiger partial charge on any atom is -0.491 e. The highest BCUT2D eigenvalue weighted by Gasteiger charge is 2.31. The topological polar surface area (TPSA) is 59.9 Å². The van der Waals surface area contributed by atoms with Gasteiger partial charge in [0, 0.05) is 42.0 Å². The normalized spacial score (nSPS) is 21.1. The smallest absolute Gasteiger partial charge is 0.406 e. The van der Waals surface area contributed by atoms with Crippen LogP contribution in [0.4, 0.5) is 24.5 Å². The third-order valence-electron chi connectivity index (χ3n) is 8.07. The summed E-state index contributed by atoms with van der Waals surface area (Å²) in [5.74, 6) is 7.15. The van der Waals surface area contributed by atoms with Crippen LogP contribution in [0.15, 0.2) is 42.5 Å². The van der Waals surface area contributed by atoms with Gasteiger partial charge in [0.15, 0.2) is 0 Å². The molecule has 2 aliphatic heterocycles. The standard InChI is InChI=1S/C33H42F3N4O3P/c1-39-12-9-30-24(22-39)10-13-41-14-15-42-16-17-43-27-18-25(19-28(21-27)44(2)3)37-11-5-6-26-20-29-31(38-30)7-4-8-32(29)40(26)23-33(34,35)36/h4,7-8,18-21,24,30,37-38H,9-17,22-23H2,1-3H3. The van der Waals surface area contributed by atoms with Gasteiger partial charge in [-0.25, -0.2) is 0 Å². The maximum absolute atomic E-state index is 13.7. The minimum absolute atomic E-state index is 0.173. The Kier molecular flexibility index (Phi) is 11.0. The van der Waals surface area contributed by atoms with E-state index in [2.05, 4.69) is 53.8 Å². The Balaban J connectivity index is 1.47. The van der Waals surface area contributed by atoms with E-state index >= 15 is 0 Å². The Morgan fingerprint density at radius 2 is 1.80 bits per heavy atom. The van der Waals surface area contributed by atoms with Gasteiger partial charge >= 0.3 is 6.18 Å². The largest absolute Gasteiger partial charge is 0.491 e. The molecule has 2 unspecified atom stereocenters. The minimum atomic E-state index is -4.38. The fourth-order valence-corrected chi connectivity index (χ4v) is 6.63. The summed E-state index contributed by atoms with van der Waals surface area (Å²) in [6.07, 6.45) is -2.58. The van der Waals surface area contributed by atoms with Gasteiger partial charge in [-0.05, 0) is 87.2 Å². The number of nitrogens with one attached hydrogen (secondary N) is 2. The molecule has 11 heteroatoms. The molecule has 238 valence electrons. The van der Waals surface area contributed by atoms with E-state index in [-0.39, 0.29) is 20.5 Å². The molecule has 2 aliphatic rings. The Morgan fingerprint density at radius 1 is 1.00 bits per heavy atom. The molecular weight excluding hydrogens is 588 g/mol. The van der Waals surface area contributed by atoms with Crippen LogP contribution in [0.25, 0.3) is 10.9 Å². The van der Waals surface area contributed by atoms with Gasteiger partial charge in [-0.2, -0.15) is 13.2 Å². The van der Waals surface area contributed by atoms with Crippen LogP contribution < -0.4 is 20.7 Å². The molecule has 44 heavy (non-hydrogen) atoms. The van der Waals surface area contributed by atoms with Gasteiger partial charge in [-0.15, -0.1) is 0 Å². The molecule has 1 saturated heterocycles. The number of piperidine rings is 1. The van der Waals surface area contributed by atoms with E-state index in [1.165, 1.54) is 9.87 Å². The van der Waals surface area contributed by atoms with Crippen LogP contribution in [-0.4, -0.2) is 94.7 Å². The summed E-state index contributed by atoms with van der Waals surface area (Å²) in [5.41, 5.74) is 2.53. The predicted molar refractivity (Wildman–Crippen MR) is 173 cm³/mol. The summed E-state index contributed by atoms with van der Waals surface area (Å²) >= 11 is 0. The van der Waals surface area contributed by atoms with Crippen LogP contribution in [0.2, 0.25) is 0 Å². The second kappa shape index (κ2) is 14.9. The molecule has 3 aromatic rings. The van der Waals surface area contributed by atoms with Crippen LogP contribution in [0.5, 0.6) is 5.75 Å². The van der Waals surface area contributed by atoms with Crippen LogP contribution in [-0.2, 0) is 16.0 Å². The third-order valence-corrected chi connectivity index (χ3v) is 9.36. The summed E-state index contributed by atoms with van der Waals surface area (Å²) in [6.45, 7) is 7.88. The lowest BCUT2D eigenvalue weighted by Crippen LogP contribution is -2.45. The first-order chi connectivity index (χ1) is 21.2. The van der Waals surface area contributed by atoms with Crippen molar-refractivity contribution in [3.05, 3.63) is 48.2 Å². The number of rotatable bonds is 2. The molecule has 0 aliphatic carbocycles.